The van der Waals surface area contributed by atoms with Crippen molar-refractivity contribution in [1.82, 2.24) is 4.90 Å². The van der Waals surface area contributed by atoms with Gasteiger partial charge in [-0.15, -0.1) is 13.2 Å². The molecule has 0 saturated carbocycles. The zero-order valence-corrected chi connectivity index (χ0v) is 13.6. The number of carbonyl (C=O) groups excluding carboxylic acids is 2. The smallest absolute Gasteiger partial charge is 0.406 e. The Morgan fingerprint density at radius 3 is 2.50 bits per heavy atom. The minimum atomic E-state index is -4.77. The molecule has 10 heteroatoms. The van der Waals surface area contributed by atoms with Crippen molar-refractivity contribution in [1.29, 1.82) is 0 Å². The van der Waals surface area contributed by atoms with E-state index in [1.54, 1.807) is 14.1 Å². The number of alkyl halides is 3. The molecule has 0 aromatic heterocycles. The average molecular weight is 361 g/mol. The van der Waals surface area contributed by atoms with Gasteiger partial charge < -0.3 is 10.1 Å². The van der Waals surface area contributed by atoms with Gasteiger partial charge in [0.15, 0.2) is 5.17 Å². The zero-order chi connectivity index (χ0) is 17.9. The molecule has 0 aliphatic carbocycles. The van der Waals surface area contributed by atoms with Gasteiger partial charge in [-0.25, -0.2) is 0 Å². The summed E-state index contributed by atoms with van der Waals surface area (Å²) in [6.45, 7) is 0. The van der Waals surface area contributed by atoms with Gasteiger partial charge in [0.1, 0.15) is 11.0 Å². The highest BCUT2D eigenvalue weighted by Gasteiger charge is 2.36. The van der Waals surface area contributed by atoms with Crippen LogP contribution in [0.25, 0.3) is 0 Å². The monoisotopic (exact) mass is 361 g/mol. The van der Waals surface area contributed by atoms with Gasteiger partial charge in [0.25, 0.3) is 0 Å². The van der Waals surface area contributed by atoms with Crippen LogP contribution in [0.1, 0.15) is 6.42 Å². The molecule has 24 heavy (non-hydrogen) atoms. The van der Waals surface area contributed by atoms with Crippen LogP contribution in [0.5, 0.6) is 5.75 Å². The summed E-state index contributed by atoms with van der Waals surface area (Å²) in [5.74, 6) is -1.02. The van der Waals surface area contributed by atoms with Crippen molar-refractivity contribution in [2.75, 3.05) is 19.4 Å². The summed E-state index contributed by atoms with van der Waals surface area (Å²) in [5, 5.41) is 2.49. The fourth-order valence-corrected chi connectivity index (χ4v) is 3.12. The van der Waals surface area contributed by atoms with Crippen molar-refractivity contribution in [3.05, 3.63) is 24.3 Å². The number of hydrogen-bond acceptors (Lipinski definition) is 5. The lowest BCUT2D eigenvalue weighted by molar-refractivity contribution is -0.274. The Morgan fingerprint density at radius 2 is 2.00 bits per heavy atom. The average Bonchev–Trinajstić information content (AvgIpc) is 2.75. The number of nitrogens with zero attached hydrogens (tertiary/aromatic N) is 2. The van der Waals surface area contributed by atoms with Crippen molar-refractivity contribution < 1.29 is 27.5 Å². The number of aliphatic imine (C=N–C) groups is 1. The van der Waals surface area contributed by atoms with Gasteiger partial charge >= 0.3 is 6.36 Å². The van der Waals surface area contributed by atoms with Crippen molar-refractivity contribution in [2.24, 2.45) is 4.99 Å². The molecule has 1 saturated heterocycles. The van der Waals surface area contributed by atoms with Crippen molar-refractivity contribution >= 4 is 34.4 Å². The number of amidine groups is 1. The molecule has 0 radical (unpaired) electrons. The van der Waals surface area contributed by atoms with Crippen LogP contribution in [0.2, 0.25) is 0 Å². The standard InChI is InChI=1S/C14H14F3N3O3S/c1-18-13-20(2)12(22)10(24-13)7-11(21)19-8-3-5-9(6-4-8)23-14(15,16)17/h3-6,10H,7H2,1-2H3,(H,19,21)/t10-/m1/s1. The molecule has 1 fully saturated rings. The molecule has 1 aromatic rings. The molecule has 1 heterocycles. The molecule has 1 aromatic carbocycles. The van der Waals surface area contributed by atoms with E-state index in [2.05, 4.69) is 15.0 Å². The quantitative estimate of drug-likeness (QED) is 0.894. The lowest BCUT2D eigenvalue weighted by Crippen LogP contribution is -2.30. The summed E-state index contributed by atoms with van der Waals surface area (Å²) in [5.41, 5.74) is 0.308. The van der Waals surface area contributed by atoms with E-state index < -0.39 is 17.5 Å². The number of rotatable bonds is 4. The van der Waals surface area contributed by atoms with E-state index in [9.17, 15) is 22.8 Å². The minimum absolute atomic E-state index is 0.0618. The number of nitrogens with one attached hydrogen (secondary N) is 1. The molecule has 1 atom stereocenters. The maximum atomic E-state index is 12.1. The molecule has 6 nitrogen and oxygen atoms in total. The minimum Gasteiger partial charge on any atom is -0.406 e. The maximum absolute atomic E-state index is 12.1. The normalized spacial score (nSPS) is 19.7. The van der Waals surface area contributed by atoms with Gasteiger partial charge in [-0.3, -0.25) is 19.5 Å². The van der Waals surface area contributed by atoms with Gasteiger partial charge in [0, 0.05) is 26.2 Å². The zero-order valence-electron chi connectivity index (χ0n) is 12.8. The van der Waals surface area contributed by atoms with E-state index >= 15 is 0 Å². The number of ether oxygens (including phenoxy) is 1. The van der Waals surface area contributed by atoms with E-state index in [4.69, 9.17) is 0 Å². The molecular formula is C14H14F3N3O3S. The van der Waals surface area contributed by atoms with Crippen LogP contribution in [-0.4, -0.2) is 47.6 Å². The lowest BCUT2D eigenvalue weighted by Gasteiger charge is -2.11. The molecule has 2 amide bonds. The first-order valence-corrected chi connectivity index (χ1v) is 7.64. The van der Waals surface area contributed by atoms with Crippen LogP contribution < -0.4 is 10.1 Å². The summed E-state index contributed by atoms with van der Waals surface area (Å²) in [4.78, 5) is 29.3. The second-order valence-corrected chi connectivity index (χ2v) is 6.00. The first kappa shape index (κ1) is 18.1. The first-order chi connectivity index (χ1) is 11.2. The highest BCUT2D eigenvalue weighted by Crippen LogP contribution is 2.29. The number of anilines is 1. The second-order valence-electron chi connectivity index (χ2n) is 4.83. The number of benzene rings is 1. The van der Waals surface area contributed by atoms with Gasteiger partial charge in [0.05, 0.1) is 0 Å². The predicted molar refractivity (Wildman–Crippen MR) is 83.9 cm³/mol. The third-order valence-corrected chi connectivity index (χ3v) is 4.39. The van der Waals surface area contributed by atoms with E-state index in [0.717, 1.165) is 12.1 Å². The molecule has 0 bridgehead atoms. The Labute approximate surface area is 140 Å². The van der Waals surface area contributed by atoms with E-state index in [1.165, 1.54) is 28.8 Å². The van der Waals surface area contributed by atoms with Crippen LogP contribution in [-0.2, 0) is 9.59 Å². The van der Waals surface area contributed by atoms with Crippen LogP contribution in [0.3, 0.4) is 0 Å². The van der Waals surface area contributed by atoms with Crippen LogP contribution in [0.4, 0.5) is 18.9 Å². The Kier molecular flexibility index (Phi) is 5.37. The summed E-state index contributed by atoms with van der Waals surface area (Å²) in [6, 6.07) is 4.75. The largest absolute Gasteiger partial charge is 0.573 e. The lowest BCUT2D eigenvalue weighted by atomic mass is 10.2. The number of thioether (sulfide) groups is 1. The van der Waals surface area contributed by atoms with Crippen LogP contribution in [0.15, 0.2) is 29.3 Å². The van der Waals surface area contributed by atoms with Crippen LogP contribution in [0, 0.1) is 0 Å². The van der Waals surface area contributed by atoms with Gasteiger partial charge in [-0.1, -0.05) is 11.8 Å². The third kappa shape index (κ3) is 4.63. The Balaban J connectivity index is 1.92. The van der Waals surface area contributed by atoms with Gasteiger partial charge in [-0.05, 0) is 24.3 Å². The SMILES string of the molecule is CN=C1S[C@H](CC(=O)Nc2ccc(OC(F)(F)F)cc2)C(=O)N1C. The highest BCUT2D eigenvalue weighted by atomic mass is 32.2. The Bertz CT molecular complexity index is 661. The number of halogens is 3. The molecule has 0 spiro atoms. The number of carbonyl (C=O) groups is 2. The summed E-state index contributed by atoms with van der Waals surface area (Å²) >= 11 is 1.20. The maximum Gasteiger partial charge on any atom is 0.573 e. The number of hydrogen-bond donors (Lipinski definition) is 1. The van der Waals surface area contributed by atoms with Gasteiger partial charge in [-0.2, -0.15) is 0 Å². The molecule has 1 N–H and O–H groups in total. The molecule has 2 rings (SSSR count). The summed E-state index contributed by atoms with van der Waals surface area (Å²) in [7, 11) is 3.13. The second kappa shape index (κ2) is 7.12. The highest BCUT2D eigenvalue weighted by molar-refractivity contribution is 8.15. The van der Waals surface area contributed by atoms with Gasteiger partial charge in [0.2, 0.25) is 11.8 Å². The molecule has 1 aliphatic rings. The Hall–Kier alpha value is -2.23. The van der Waals surface area contributed by atoms with Crippen LogP contribution >= 0.6 is 11.8 Å². The molecule has 1 aliphatic heterocycles. The molecule has 0 unspecified atom stereocenters. The number of amides is 2. The van der Waals surface area contributed by atoms with E-state index in [0.29, 0.717) is 10.9 Å². The third-order valence-electron chi connectivity index (χ3n) is 3.07. The van der Waals surface area contributed by atoms with E-state index in [-0.39, 0.29) is 18.1 Å². The topological polar surface area (TPSA) is 71.0 Å². The summed E-state index contributed by atoms with van der Waals surface area (Å²) < 4.78 is 39.9. The summed E-state index contributed by atoms with van der Waals surface area (Å²) in [6.07, 6.45) is -4.83. The van der Waals surface area contributed by atoms with Crippen molar-refractivity contribution in [2.45, 2.75) is 18.0 Å². The molecule has 130 valence electrons. The molecular weight excluding hydrogens is 347 g/mol. The van der Waals surface area contributed by atoms with E-state index in [1.807, 2.05) is 0 Å². The predicted octanol–water partition coefficient (Wildman–Crippen LogP) is 2.47. The first-order valence-electron chi connectivity index (χ1n) is 6.76. The van der Waals surface area contributed by atoms with Crippen molar-refractivity contribution in [3.63, 3.8) is 0 Å². The fourth-order valence-electron chi connectivity index (χ4n) is 2.02. The fraction of sp³-hybridized carbons (Fsp3) is 0.357. The van der Waals surface area contributed by atoms with Crippen molar-refractivity contribution in [3.8, 4) is 5.75 Å². The Morgan fingerprint density at radius 1 is 1.38 bits per heavy atom.